The predicted molar refractivity (Wildman–Crippen MR) is 481 cm³/mol. The molecule has 3 nitrogen and oxygen atoms in total. The third-order valence-electron chi connectivity index (χ3n) is 26.1. The van der Waals surface area contributed by atoms with Crippen molar-refractivity contribution < 1.29 is 4.74 Å². The fraction of sp³-hybridized carbons (Fsp3) is 0.143. The summed E-state index contributed by atoms with van der Waals surface area (Å²) in [6.45, 7) is 14.7. The Balaban J connectivity index is 0.669. The molecule has 115 heavy (non-hydrogen) atoms. The zero-order chi connectivity index (χ0) is 77.5. The summed E-state index contributed by atoms with van der Waals surface area (Å²) in [5.41, 5.74) is 39.9. The average molecular weight is 1480 g/mol. The van der Waals surface area contributed by atoms with Crippen molar-refractivity contribution in [2.45, 2.75) is 102 Å². The highest BCUT2D eigenvalue weighted by Crippen LogP contribution is 2.59. The van der Waals surface area contributed by atoms with Crippen LogP contribution >= 0.6 is 0 Å². The molecule has 0 radical (unpaired) electrons. The Labute approximate surface area is 678 Å². The lowest BCUT2D eigenvalue weighted by Crippen LogP contribution is -2.28. The molecule has 4 aliphatic carbocycles. The molecular formula is C112H92N2O. The van der Waals surface area contributed by atoms with Crippen LogP contribution in [0.2, 0.25) is 0 Å². The van der Waals surface area contributed by atoms with Crippen LogP contribution in [0, 0.1) is 0 Å². The first-order chi connectivity index (χ1) is 56.3. The highest BCUT2D eigenvalue weighted by Gasteiger charge is 2.47. The number of nitrogens with zero attached hydrogens (tertiary/aromatic N) is 2. The van der Waals surface area contributed by atoms with Gasteiger partial charge in [-0.05, 0) is 285 Å². The van der Waals surface area contributed by atoms with Crippen LogP contribution in [0.1, 0.15) is 139 Å². The Bertz CT molecular complexity index is 6030. The largest absolute Gasteiger partial charge is 0.489 e. The molecule has 4 aliphatic rings. The van der Waals surface area contributed by atoms with Gasteiger partial charge in [0.1, 0.15) is 12.4 Å². The van der Waals surface area contributed by atoms with Gasteiger partial charge < -0.3 is 14.5 Å². The van der Waals surface area contributed by atoms with Crippen molar-refractivity contribution in [1.82, 2.24) is 0 Å². The number of fused-ring (bicyclic) bond motifs is 10. The molecule has 0 saturated carbocycles. The average Bonchev–Trinajstić information content (AvgIpc) is 1.54. The molecular weight excluding hydrogens is 1390 g/mol. The normalized spacial score (nSPS) is 14.3. The molecule has 16 aromatic carbocycles. The summed E-state index contributed by atoms with van der Waals surface area (Å²) in [6, 6.07) is 141. The predicted octanol–water partition coefficient (Wildman–Crippen LogP) is 29.6. The quantitative estimate of drug-likeness (QED) is 0.0756. The summed E-state index contributed by atoms with van der Waals surface area (Å²) < 4.78 is 6.81. The van der Waals surface area contributed by atoms with E-state index in [1.54, 1.807) is 5.56 Å². The maximum atomic E-state index is 6.81. The lowest BCUT2D eigenvalue weighted by Gasteiger charge is -2.34. The van der Waals surface area contributed by atoms with E-state index >= 15 is 0 Å². The molecule has 0 N–H and O–H groups in total. The molecule has 20 rings (SSSR count). The van der Waals surface area contributed by atoms with Crippen LogP contribution in [0.3, 0.4) is 0 Å². The second kappa shape index (κ2) is 28.8. The molecule has 16 aromatic rings. The number of hydrogen-bond donors (Lipinski definition) is 0. The Morgan fingerprint density at radius 2 is 0.661 bits per heavy atom. The van der Waals surface area contributed by atoms with Gasteiger partial charge in [0.25, 0.3) is 0 Å². The zero-order valence-electron chi connectivity index (χ0n) is 66.3. The second-order valence-electron chi connectivity index (χ2n) is 33.4. The van der Waals surface area contributed by atoms with Gasteiger partial charge in [0.05, 0.1) is 5.41 Å². The van der Waals surface area contributed by atoms with Crippen LogP contribution in [0.4, 0.5) is 34.1 Å². The lowest BCUT2D eigenvalue weighted by atomic mass is 9.67. The first-order valence-electron chi connectivity index (χ1n) is 41.2. The van der Waals surface area contributed by atoms with E-state index in [9.17, 15) is 0 Å². The van der Waals surface area contributed by atoms with Crippen molar-refractivity contribution in [1.29, 1.82) is 0 Å². The van der Waals surface area contributed by atoms with Gasteiger partial charge in [-0.3, -0.25) is 0 Å². The molecule has 0 amide bonds. The summed E-state index contributed by atoms with van der Waals surface area (Å²) in [4.78, 5) is 4.86. The second-order valence-corrected chi connectivity index (χ2v) is 33.4. The summed E-state index contributed by atoms with van der Waals surface area (Å²) in [7, 11) is 0. The molecule has 0 bridgehead atoms. The summed E-state index contributed by atoms with van der Waals surface area (Å²) in [5.74, 6) is 1.82. The van der Waals surface area contributed by atoms with E-state index in [2.05, 4.69) is 427 Å². The van der Waals surface area contributed by atoms with Gasteiger partial charge in [-0.2, -0.15) is 0 Å². The van der Waals surface area contributed by atoms with Crippen molar-refractivity contribution >= 4 is 34.1 Å². The first-order valence-corrected chi connectivity index (χ1v) is 41.2. The zero-order valence-corrected chi connectivity index (χ0v) is 66.3. The molecule has 0 fully saturated rings. The topological polar surface area (TPSA) is 15.7 Å². The van der Waals surface area contributed by atoms with Crippen LogP contribution in [0.25, 0.3) is 77.9 Å². The van der Waals surface area contributed by atoms with Crippen LogP contribution in [0.5, 0.6) is 5.75 Å². The Hall–Kier alpha value is -13.1. The van der Waals surface area contributed by atoms with E-state index in [-0.39, 0.29) is 10.8 Å². The van der Waals surface area contributed by atoms with Crippen molar-refractivity contribution in [2.24, 2.45) is 0 Å². The Morgan fingerprint density at radius 1 is 0.296 bits per heavy atom. The third kappa shape index (κ3) is 12.4. The van der Waals surface area contributed by atoms with Crippen LogP contribution < -0.4 is 14.5 Å². The van der Waals surface area contributed by atoms with Gasteiger partial charge in [0.15, 0.2) is 0 Å². The summed E-state index contributed by atoms with van der Waals surface area (Å²) in [5, 5.41) is 0. The molecule has 0 saturated heterocycles. The number of aryl methyl sites for hydroxylation is 2. The fourth-order valence-corrected chi connectivity index (χ4v) is 19.7. The molecule has 0 aliphatic heterocycles. The van der Waals surface area contributed by atoms with Crippen molar-refractivity contribution in [2.75, 3.05) is 9.80 Å². The number of anilines is 6. The molecule has 3 heteroatoms. The molecule has 556 valence electrons. The van der Waals surface area contributed by atoms with Gasteiger partial charge in [-0.1, -0.05) is 321 Å². The third-order valence-corrected chi connectivity index (χ3v) is 26.1. The fourth-order valence-electron chi connectivity index (χ4n) is 19.7. The molecule has 0 heterocycles. The van der Waals surface area contributed by atoms with Gasteiger partial charge in [0, 0.05) is 45.0 Å². The highest BCUT2D eigenvalue weighted by molar-refractivity contribution is 5.93. The maximum Gasteiger partial charge on any atom is 0.119 e. The number of ether oxygens (including phenoxy) is 1. The molecule has 2 unspecified atom stereocenters. The standard InChI is InChI=1S/C112H92N2O/c1-7-76(67-74(2)85-37-35-82-36-38-86(82)68-85)79-33-31-75(32-34-79)73-115-97-61-49-90(50-62-97)112(89-25-15-10-16-26-89)108-69-87(83-43-55-93(56-44-83)113(91-51-39-80(40-52-91)77-21-11-8-12-22-77)95-59-65-100-98-27-17-19-29-104(98)110(3,4)106(100)71-95)47-63-102(108)103-64-48-88(70-109(103)112)84-45-57-94(58-46-84)114(92-53-41-81(42-54-92)78-23-13-9-14-24-78)96-60-66-101-99-28-18-20-30-105(99)111(5,6)107(101)72-96/h8-35,37,39-66,68-72,74,76H,7,36,38,67,73H2,1-6H3. The monoisotopic (exact) mass is 1480 g/mol. The van der Waals surface area contributed by atoms with Crippen molar-refractivity contribution in [3.8, 4) is 83.6 Å². The van der Waals surface area contributed by atoms with Crippen LogP contribution in [-0.4, -0.2) is 0 Å². The van der Waals surface area contributed by atoms with E-state index in [1.165, 1.54) is 130 Å². The lowest BCUT2D eigenvalue weighted by molar-refractivity contribution is 0.306. The van der Waals surface area contributed by atoms with Gasteiger partial charge in [-0.15, -0.1) is 0 Å². The van der Waals surface area contributed by atoms with E-state index < -0.39 is 5.41 Å². The highest BCUT2D eigenvalue weighted by atomic mass is 16.5. The van der Waals surface area contributed by atoms with Crippen molar-refractivity contribution in [3.05, 3.63) is 448 Å². The van der Waals surface area contributed by atoms with E-state index in [4.69, 9.17) is 4.74 Å². The van der Waals surface area contributed by atoms with Crippen LogP contribution in [-0.2, 0) is 35.7 Å². The van der Waals surface area contributed by atoms with Crippen molar-refractivity contribution in [3.63, 3.8) is 0 Å². The van der Waals surface area contributed by atoms with E-state index in [0.29, 0.717) is 18.4 Å². The first kappa shape index (κ1) is 71.0. The molecule has 0 spiro atoms. The number of benzene rings is 16. The van der Waals surface area contributed by atoms with E-state index in [0.717, 1.165) is 80.5 Å². The van der Waals surface area contributed by atoms with Crippen LogP contribution in [0.15, 0.2) is 376 Å². The smallest absolute Gasteiger partial charge is 0.119 e. The minimum atomic E-state index is -0.742. The minimum absolute atomic E-state index is 0.161. The maximum absolute atomic E-state index is 6.81. The summed E-state index contributed by atoms with van der Waals surface area (Å²) in [6.07, 6.45) is 4.68. The molecule has 0 aromatic heterocycles. The Morgan fingerprint density at radius 3 is 1.10 bits per heavy atom. The number of rotatable bonds is 20. The SMILES string of the molecule is CCC(CC(C)c1ccc2c(c1)CC2)c1ccc(COc2ccc(C3(c4ccccc4)c4cc(-c5ccc(N(c6ccc(-c7ccccc7)cc6)c6ccc7c(c6)C(C)(C)c6ccccc6-7)cc5)ccc4-c4ccc(-c5ccc(N(c6ccc(-c7ccccc7)cc6)c6ccc7c(c6)C(C)(C)c6ccccc6-7)cc5)cc43)cc2)cc1. The minimum Gasteiger partial charge on any atom is -0.489 e. The van der Waals surface area contributed by atoms with Gasteiger partial charge in [-0.25, -0.2) is 0 Å². The number of hydrogen-bond acceptors (Lipinski definition) is 3. The Kier molecular flexibility index (Phi) is 17.8. The summed E-state index contributed by atoms with van der Waals surface area (Å²) >= 11 is 0. The van der Waals surface area contributed by atoms with Gasteiger partial charge in [0.2, 0.25) is 0 Å². The molecule has 2 atom stereocenters. The van der Waals surface area contributed by atoms with E-state index in [1.807, 2.05) is 0 Å². The van der Waals surface area contributed by atoms with Gasteiger partial charge >= 0.3 is 0 Å².